The van der Waals surface area contributed by atoms with Crippen molar-refractivity contribution >= 4 is 17.8 Å². The van der Waals surface area contributed by atoms with E-state index in [-0.39, 0.29) is 18.1 Å². The van der Waals surface area contributed by atoms with E-state index in [2.05, 4.69) is 10.4 Å². The Kier molecular flexibility index (Phi) is 4.62. The fraction of sp³-hybridized carbons (Fsp3) is 0.455. The molecular weight excluding hydrogens is 252 g/mol. The Morgan fingerprint density at radius 3 is 2.58 bits per heavy atom. The zero-order chi connectivity index (χ0) is 14.6. The first kappa shape index (κ1) is 14.7. The zero-order valence-electron chi connectivity index (χ0n) is 11.0. The Bertz CT molecular complexity index is 495. The maximum atomic E-state index is 11.6. The van der Waals surface area contributed by atoms with Gasteiger partial charge in [0.1, 0.15) is 11.7 Å². The molecule has 1 heterocycles. The lowest BCUT2D eigenvalue weighted by Gasteiger charge is -2.13. The normalized spacial score (nSPS) is 11.7. The smallest absolute Gasteiger partial charge is 0.328 e. The molecule has 1 aromatic rings. The monoisotopic (exact) mass is 268 g/mol. The van der Waals surface area contributed by atoms with Crippen LogP contribution in [0.5, 0.6) is 0 Å². The number of carbonyl (C=O) groups is 3. The molecule has 1 aromatic heterocycles. The molecule has 0 aliphatic carbocycles. The van der Waals surface area contributed by atoms with E-state index < -0.39 is 17.9 Å². The summed E-state index contributed by atoms with van der Waals surface area (Å²) in [5.41, 5.74) is 0.219. The predicted octanol–water partition coefficient (Wildman–Crippen LogP) is -0.826. The minimum atomic E-state index is -1.16. The van der Waals surface area contributed by atoms with Gasteiger partial charge in [-0.1, -0.05) is 0 Å². The van der Waals surface area contributed by atoms with Gasteiger partial charge in [0, 0.05) is 27.2 Å². The van der Waals surface area contributed by atoms with Crippen LogP contribution in [0.15, 0.2) is 12.3 Å². The van der Waals surface area contributed by atoms with E-state index in [1.165, 1.54) is 28.8 Å². The fourth-order valence-corrected chi connectivity index (χ4v) is 1.42. The van der Waals surface area contributed by atoms with Crippen molar-refractivity contribution in [3.8, 4) is 0 Å². The first-order chi connectivity index (χ1) is 8.81. The molecule has 0 spiro atoms. The minimum Gasteiger partial charge on any atom is -0.480 e. The second-order valence-corrected chi connectivity index (χ2v) is 4.21. The molecule has 0 aromatic carbocycles. The zero-order valence-corrected chi connectivity index (χ0v) is 11.0. The highest BCUT2D eigenvalue weighted by Gasteiger charge is 2.20. The second-order valence-electron chi connectivity index (χ2n) is 4.21. The SMILES string of the molecule is CC(=O)NC(Cn1ccc(C(=O)N(C)C)n1)C(=O)O. The summed E-state index contributed by atoms with van der Waals surface area (Å²) >= 11 is 0. The highest BCUT2D eigenvalue weighted by Crippen LogP contribution is 2.01. The number of aromatic nitrogens is 2. The highest BCUT2D eigenvalue weighted by atomic mass is 16.4. The molecule has 1 atom stereocenters. The number of amides is 2. The summed E-state index contributed by atoms with van der Waals surface area (Å²) in [7, 11) is 3.19. The fourth-order valence-electron chi connectivity index (χ4n) is 1.42. The quantitative estimate of drug-likeness (QED) is 0.725. The van der Waals surface area contributed by atoms with E-state index in [1.807, 2.05) is 0 Å². The predicted molar refractivity (Wildman–Crippen MR) is 65.5 cm³/mol. The van der Waals surface area contributed by atoms with Gasteiger partial charge in [0.15, 0.2) is 0 Å². The molecule has 0 bridgehead atoms. The van der Waals surface area contributed by atoms with Gasteiger partial charge in [0.25, 0.3) is 5.91 Å². The number of hydrogen-bond donors (Lipinski definition) is 2. The average molecular weight is 268 g/mol. The number of hydrogen-bond acceptors (Lipinski definition) is 4. The largest absolute Gasteiger partial charge is 0.480 e. The molecule has 0 radical (unpaired) electrons. The molecule has 1 rings (SSSR count). The molecule has 0 fully saturated rings. The first-order valence-corrected chi connectivity index (χ1v) is 5.56. The van der Waals surface area contributed by atoms with Gasteiger partial charge in [0.05, 0.1) is 6.54 Å². The number of nitrogens with zero attached hydrogens (tertiary/aromatic N) is 3. The third-order valence-corrected chi connectivity index (χ3v) is 2.31. The van der Waals surface area contributed by atoms with Gasteiger partial charge >= 0.3 is 5.97 Å². The number of aliphatic carboxylic acids is 1. The standard InChI is InChI=1S/C11H16N4O4/c1-7(16)12-9(11(18)19)6-15-5-4-8(13-15)10(17)14(2)3/h4-5,9H,6H2,1-3H3,(H,12,16)(H,18,19). The van der Waals surface area contributed by atoms with Crippen molar-refractivity contribution in [2.45, 2.75) is 19.5 Å². The van der Waals surface area contributed by atoms with Crippen LogP contribution in [-0.2, 0) is 16.1 Å². The molecule has 8 nitrogen and oxygen atoms in total. The molecule has 104 valence electrons. The van der Waals surface area contributed by atoms with Crippen LogP contribution in [0, 0.1) is 0 Å². The number of rotatable bonds is 5. The Morgan fingerprint density at radius 1 is 1.47 bits per heavy atom. The Balaban J connectivity index is 2.78. The molecule has 2 N–H and O–H groups in total. The van der Waals surface area contributed by atoms with Crippen LogP contribution in [0.1, 0.15) is 17.4 Å². The van der Waals surface area contributed by atoms with Crippen LogP contribution in [0.25, 0.3) is 0 Å². The molecule has 0 aliphatic rings. The molecule has 19 heavy (non-hydrogen) atoms. The minimum absolute atomic E-state index is 0.0460. The van der Waals surface area contributed by atoms with Crippen molar-refractivity contribution in [2.24, 2.45) is 0 Å². The second kappa shape index (κ2) is 5.98. The Morgan fingerprint density at radius 2 is 2.11 bits per heavy atom. The third-order valence-electron chi connectivity index (χ3n) is 2.31. The Labute approximate surface area is 110 Å². The summed E-state index contributed by atoms with van der Waals surface area (Å²) in [6.07, 6.45) is 1.49. The lowest BCUT2D eigenvalue weighted by molar-refractivity contribution is -0.142. The summed E-state index contributed by atoms with van der Waals surface area (Å²) in [5.74, 6) is -1.87. The molecule has 0 saturated heterocycles. The van der Waals surface area contributed by atoms with Gasteiger partial charge in [-0.05, 0) is 6.07 Å². The van der Waals surface area contributed by atoms with Gasteiger partial charge in [-0.15, -0.1) is 0 Å². The van der Waals surface area contributed by atoms with Gasteiger partial charge in [-0.25, -0.2) is 4.79 Å². The van der Waals surface area contributed by atoms with Crippen LogP contribution in [0.2, 0.25) is 0 Å². The molecule has 0 saturated carbocycles. The molecule has 8 heteroatoms. The van der Waals surface area contributed by atoms with E-state index in [0.717, 1.165) is 0 Å². The lowest BCUT2D eigenvalue weighted by Crippen LogP contribution is -2.42. The summed E-state index contributed by atoms with van der Waals surface area (Å²) < 4.78 is 1.31. The average Bonchev–Trinajstić information content (AvgIpc) is 2.74. The third kappa shape index (κ3) is 4.09. The number of carbonyl (C=O) groups excluding carboxylic acids is 2. The van der Waals surface area contributed by atoms with Crippen LogP contribution in [-0.4, -0.2) is 57.7 Å². The summed E-state index contributed by atoms with van der Waals surface area (Å²) in [5, 5.41) is 15.2. The summed E-state index contributed by atoms with van der Waals surface area (Å²) in [6, 6.07) is 0.411. The van der Waals surface area contributed by atoms with Crippen molar-refractivity contribution in [1.29, 1.82) is 0 Å². The van der Waals surface area contributed by atoms with Crippen molar-refractivity contribution in [2.75, 3.05) is 14.1 Å². The van der Waals surface area contributed by atoms with Gasteiger partial charge in [-0.2, -0.15) is 5.10 Å². The van der Waals surface area contributed by atoms with E-state index >= 15 is 0 Å². The van der Waals surface area contributed by atoms with Crippen LogP contribution in [0.3, 0.4) is 0 Å². The van der Waals surface area contributed by atoms with Crippen LogP contribution in [0.4, 0.5) is 0 Å². The maximum Gasteiger partial charge on any atom is 0.328 e. The highest BCUT2D eigenvalue weighted by molar-refractivity contribution is 5.91. The molecule has 0 aliphatic heterocycles. The van der Waals surface area contributed by atoms with Crippen molar-refractivity contribution in [3.05, 3.63) is 18.0 Å². The van der Waals surface area contributed by atoms with Crippen molar-refractivity contribution in [3.63, 3.8) is 0 Å². The van der Waals surface area contributed by atoms with E-state index in [4.69, 9.17) is 5.11 Å². The molecule has 2 amide bonds. The van der Waals surface area contributed by atoms with Crippen molar-refractivity contribution < 1.29 is 19.5 Å². The lowest BCUT2D eigenvalue weighted by atomic mass is 10.3. The first-order valence-electron chi connectivity index (χ1n) is 5.56. The van der Waals surface area contributed by atoms with E-state index in [9.17, 15) is 14.4 Å². The number of carboxylic acids is 1. The van der Waals surface area contributed by atoms with E-state index in [0.29, 0.717) is 0 Å². The van der Waals surface area contributed by atoms with Gasteiger partial charge in [-0.3, -0.25) is 14.3 Å². The summed E-state index contributed by atoms with van der Waals surface area (Å²) in [4.78, 5) is 34.8. The van der Waals surface area contributed by atoms with Crippen LogP contribution >= 0.6 is 0 Å². The molecular formula is C11H16N4O4. The van der Waals surface area contributed by atoms with Crippen molar-refractivity contribution in [1.82, 2.24) is 20.0 Å². The van der Waals surface area contributed by atoms with Crippen LogP contribution < -0.4 is 5.32 Å². The summed E-state index contributed by atoms with van der Waals surface area (Å²) in [6.45, 7) is 1.19. The van der Waals surface area contributed by atoms with Gasteiger partial charge < -0.3 is 15.3 Å². The van der Waals surface area contributed by atoms with Gasteiger partial charge in [0.2, 0.25) is 5.91 Å². The van der Waals surface area contributed by atoms with E-state index in [1.54, 1.807) is 14.1 Å². The Hall–Kier alpha value is -2.38. The number of nitrogens with one attached hydrogen (secondary N) is 1. The maximum absolute atomic E-state index is 11.6. The number of carboxylic acid groups (broad SMARTS) is 1. The molecule has 1 unspecified atom stereocenters. The topological polar surface area (TPSA) is 105 Å².